The molecule has 0 bridgehead atoms. The predicted octanol–water partition coefficient (Wildman–Crippen LogP) is 1.28. The van der Waals surface area contributed by atoms with E-state index in [0.717, 1.165) is 5.56 Å². The second-order valence-electron chi connectivity index (χ2n) is 5.41. The number of carbonyl (C=O) groups is 2. The maximum Gasteiger partial charge on any atom is 0.329 e. The third kappa shape index (κ3) is 2.80. The Morgan fingerprint density at radius 3 is 2.52 bits per heavy atom. The first-order valence-electron chi connectivity index (χ1n) is 7.09. The molecular formula is C15H17N3O3. The number of nitrogens with one attached hydrogen (secondary N) is 1. The highest BCUT2D eigenvalue weighted by Crippen LogP contribution is 2.27. The zero-order chi connectivity index (χ0) is 14.8. The smallest absolute Gasteiger partial charge is 0.329 e. The molecule has 0 aromatic carbocycles. The molecule has 2 aliphatic rings. The van der Waals surface area contributed by atoms with Crippen molar-refractivity contribution in [1.29, 1.82) is 0 Å². The SMILES string of the molecule is O=C1N/C(=C\c2ccncc2)C(=O)N1C1CCC(O)CC1. The number of urea groups is 1. The summed E-state index contributed by atoms with van der Waals surface area (Å²) in [6.45, 7) is 0. The average Bonchev–Trinajstić information content (AvgIpc) is 2.76. The quantitative estimate of drug-likeness (QED) is 0.634. The van der Waals surface area contributed by atoms with Gasteiger partial charge in [0, 0.05) is 18.4 Å². The highest BCUT2D eigenvalue weighted by Gasteiger charge is 2.39. The first-order valence-corrected chi connectivity index (χ1v) is 7.09. The number of aliphatic hydroxyl groups excluding tert-OH is 1. The normalized spacial score (nSPS) is 28.0. The lowest BCUT2D eigenvalue weighted by Crippen LogP contribution is -2.43. The van der Waals surface area contributed by atoms with Gasteiger partial charge in [-0.15, -0.1) is 0 Å². The largest absolute Gasteiger partial charge is 0.393 e. The van der Waals surface area contributed by atoms with Crippen molar-refractivity contribution < 1.29 is 14.7 Å². The lowest BCUT2D eigenvalue weighted by molar-refractivity contribution is -0.125. The van der Waals surface area contributed by atoms with Gasteiger partial charge in [-0.2, -0.15) is 0 Å². The minimum Gasteiger partial charge on any atom is -0.393 e. The zero-order valence-electron chi connectivity index (χ0n) is 11.5. The van der Waals surface area contributed by atoms with E-state index in [1.54, 1.807) is 30.6 Å². The summed E-state index contributed by atoms with van der Waals surface area (Å²) in [5, 5.41) is 12.2. The molecule has 6 nitrogen and oxygen atoms in total. The van der Waals surface area contributed by atoms with Crippen LogP contribution in [0.4, 0.5) is 4.79 Å². The molecule has 1 saturated carbocycles. The van der Waals surface area contributed by atoms with Crippen LogP contribution >= 0.6 is 0 Å². The van der Waals surface area contributed by atoms with Crippen LogP contribution in [0.15, 0.2) is 30.2 Å². The Morgan fingerprint density at radius 2 is 1.86 bits per heavy atom. The molecule has 1 aliphatic carbocycles. The van der Waals surface area contributed by atoms with Crippen molar-refractivity contribution in [1.82, 2.24) is 15.2 Å². The van der Waals surface area contributed by atoms with Gasteiger partial charge in [-0.05, 0) is 49.5 Å². The van der Waals surface area contributed by atoms with Crippen LogP contribution in [-0.4, -0.2) is 39.1 Å². The van der Waals surface area contributed by atoms with Crippen molar-refractivity contribution in [3.05, 3.63) is 35.8 Å². The van der Waals surface area contributed by atoms with Crippen molar-refractivity contribution in [2.45, 2.75) is 37.8 Å². The molecule has 0 spiro atoms. The molecule has 0 unspecified atom stereocenters. The molecule has 110 valence electrons. The standard InChI is InChI=1S/C15H17N3O3/c19-12-3-1-11(2-4-12)18-14(20)13(17-15(18)21)9-10-5-7-16-8-6-10/h5-9,11-12,19H,1-4H2,(H,17,21)/b13-9-. The molecule has 6 heteroatoms. The van der Waals surface area contributed by atoms with Crippen LogP contribution < -0.4 is 5.32 Å². The first kappa shape index (κ1) is 13.8. The lowest BCUT2D eigenvalue weighted by atomic mass is 9.92. The monoisotopic (exact) mass is 287 g/mol. The average molecular weight is 287 g/mol. The molecule has 0 radical (unpaired) electrons. The molecule has 1 aromatic heterocycles. The van der Waals surface area contributed by atoms with Crippen molar-refractivity contribution in [3.8, 4) is 0 Å². The number of rotatable bonds is 2. The summed E-state index contributed by atoms with van der Waals surface area (Å²) in [7, 11) is 0. The van der Waals surface area contributed by atoms with E-state index in [9.17, 15) is 14.7 Å². The second-order valence-corrected chi connectivity index (χ2v) is 5.41. The number of hydrogen-bond donors (Lipinski definition) is 2. The van der Waals surface area contributed by atoms with E-state index in [0.29, 0.717) is 25.7 Å². The second kappa shape index (κ2) is 5.65. The van der Waals surface area contributed by atoms with Crippen LogP contribution in [0.5, 0.6) is 0 Å². The number of aliphatic hydroxyl groups is 1. The number of hydrogen-bond acceptors (Lipinski definition) is 4. The summed E-state index contributed by atoms with van der Waals surface area (Å²) >= 11 is 0. The molecular weight excluding hydrogens is 270 g/mol. The first-order chi connectivity index (χ1) is 10.1. The van der Waals surface area contributed by atoms with E-state index in [-0.39, 0.29) is 29.8 Å². The van der Waals surface area contributed by atoms with E-state index in [1.165, 1.54) is 4.90 Å². The van der Waals surface area contributed by atoms with Crippen molar-refractivity contribution >= 4 is 18.0 Å². The van der Waals surface area contributed by atoms with Gasteiger partial charge in [-0.3, -0.25) is 14.7 Å². The van der Waals surface area contributed by atoms with Gasteiger partial charge in [0.15, 0.2) is 0 Å². The number of aromatic nitrogens is 1. The van der Waals surface area contributed by atoms with Gasteiger partial charge in [-0.1, -0.05) is 0 Å². The summed E-state index contributed by atoms with van der Waals surface area (Å²) in [6, 6.07) is 3.05. The molecule has 2 fully saturated rings. The van der Waals surface area contributed by atoms with Crippen LogP contribution in [0.1, 0.15) is 31.2 Å². The molecule has 3 rings (SSSR count). The van der Waals surface area contributed by atoms with Crippen LogP contribution in [0.3, 0.4) is 0 Å². The fraction of sp³-hybridized carbons (Fsp3) is 0.400. The third-order valence-corrected chi connectivity index (χ3v) is 3.96. The predicted molar refractivity (Wildman–Crippen MR) is 75.9 cm³/mol. The van der Waals surface area contributed by atoms with Gasteiger partial charge in [-0.25, -0.2) is 4.79 Å². The summed E-state index contributed by atoms with van der Waals surface area (Å²) < 4.78 is 0. The maximum atomic E-state index is 12.4. The van der Waals surface area contributed by atoms with Gasteiger partial charge < -0.3 is 10.4 Å². The van der Waals surface area contributed by atoms with Gasteiger partial charge in [0.05, 0.1) is 6.10 Å². The molecule has 0 atom stereocenters. The van der Waals surface area contributed by atoms with Gasteiger partial charge in [0.2, 0.25) is 0 Å². The molecule has 1 aromatic rings. The number of amides is 3. The van der Waals surface area contributed by atoms with Crippen molar-refractivity contribution in [2.24, 2.45) is 0 Å². The number of imide groups is 1. The molecule has 1 saturated heterocycles. The zero-order valence-corrected chi connectivity index (χ0v) is 11.5. The van der Waals surface area contributed by atoms with Gasteiger partial charge >= 0.3 is 6.03 Å². The van der Waals surface area contributed by atoms with Crippen molar-refractivity contribution in [2.75, 3.05) is 0 Å². The summed E-state index contributed by atoms with van der Waals surface area (Å²) in [4.78, 5) is 29.6. The van der Waals surface area contributed by atoms with Crippen LogP contribution in [0.2, 0.25) is 0 Å². The summed E-state index contributed by atoms with van der Waals surface area (Å²) in [5.41, 5.74) is 1.10. The van der Waals surface area contributed by atoms with Gasteiger partial charge in [0.25, 0.3) is 5.91 Å². The molecule has 2 N–H and O–H groups in total. The number of nitrogens with zero attached hydrogens (tertiary/aromatic N) is 2. The highest BCUT2D eigenvalue weighted by molar-refractivity contribution is 6.14. The van der Waals surface area contributed by atoms with E-state index >= 15 is 0 Å². The van der Waals surface area contributed by atoms with E-state index in [1.807, 2.05) is 0 Å². The van der Waals surface area contributed by atoms with Crippen LogP contribution in [0, 0.1) is 0 Å². The third-order valence-electron chi connectivity index (χ3n) is 3.96. The Morgan fingerprint density at radius 1 is 1.19 bits per heavy atom. The molecule has 21 heavy (non-hydrogen) atoms. The fourth-order valence-electron chi connectivity index (χ4n) is 2.82. The molecule has 1 aliphatic heterocycles. The topological polar surface area (TPSA) is 82.5 Å². The van der Waals surface area contributed by atoms with E-state index in [2.05, 4.69) is 10.3 Å². The van der Waals surface area contributed by atoms with E-state index < -0.39 is 0 Å². The Kier molecular flexibility index (Phi) is 3.70. The summed E-state index contributed by atoms with van der Waals surface area (Å²) in [5.74, 6) is -0.293. The summed E-state index contributed by atoms with van der Waals surface area (Å²) in [6.07, 6.45) is 7.18. The molecule has 3 amide bonds. The fourth-order valence-corrected chi connectivity index (χ4v) is 2.82. The number of pyridine rings is 1. The highest BCUT2D eigenvalue weighted by atomic mass is 16.3. The van der Waals surface area contributed by atoms with E-state index in [4.69, 9.17) is 0 Å². The van der Waals surface area contributed by atoms with Crippen LogP contribution in [0.25, 0.3) is 6.08 Å². The van der Waals surface area contributed by atoms with Gasteiger partial charge in [0.1, 0.15) is 5.70 Å². The minimum atomic E-state index is -0.373. The maximum absolute atomic E-state index is 12.4. The Hall–Kier alpha value is -2.21. The van der Waals surface area contributed by atoms with Crippen molar-refractivity contribution in [3.63, 3.8) is 0 Å². The number of carbonyl (C=O) groups excluding carboxylic acids is 2. The minimum absolute atomic E-state index is 0.121. The Balaban J connectivity index is 1.78. The Bertz CT molecular complexity index is 577. The molecule has 2 heterocycles. The Labute approximate surface area is 122 Å². The lowest BCUT2D eigenvalue weighted by Gasteiger charge is -2.30. The van der Waals surface area contributed by atoms with Crippen LogP contribution in [-0.2, 0) is 4.79 Å².